The zero-order chi connectivity index (χ0) is 11.5. The van der Waals surface area contributed by atoms with Crippen molar-refractivity contribution in [2.45, 2.75) is 6.92 Å². The molecule has 0 spiro atoms. The summed E-state index contributed by atoms with van der Waals surface area (Å²) in [5, 5.41) is 8.80. The molecule has 80 valence electrons. The first-order valence-corrected chi connectivity index (χ1v) is 4.94. The van der Waals surface area contributed by atoms with Crippen LogP contribution >= 0.6 is 0 Å². The first kappa shape index (κ1) is 10.4. The first-order chi connectivity index (χ1) is 7.66. The number of benzene rings is 1. The molecule has 0 bridgehead atoms. The lowest BCUT2D eigenvalue weighted by molar-refractivity contribution is -0.131. The minimum absolute atomic E-state index is 0.670. The number of carboxylic acids is 1. The molecule has 1 aromatic carbocycles. The molecular weight excluding hydrogens is 202 g/mol. The fourth-order valence-corrected chi connectivity index (χ4v) is 1.60. The molecule has 0 saturated carbocycles. The largest absolute Gasteiger partial charge is 0.478 e. The monoisotopic (exact) mass is 213 g/mol. The van der Waals surface area contributed by atoms with E-state index in [4.69, 9.17) is 5.11 Å². The molecule has 1 aliphatic rings. The molecule has 0 fully saturated rings. The van der Waals surface area contributed by atoms with Gasteiger partial charge in [0, 0.05) is 17.4 Å². The van der Waals surface area contributed by atoms with E-state index in [1.807, 2.05) is 37.3 Å². The highest BCUT2D eigenvalue weighted by atomic mass is 16.4. The summed E-state index contributed by atoms with van der Waals surface area (Å²) in [5.41, 5.74) is 3.18. The Morgan fingerprint density at radius 1 is 1.31 bits per heavy atom. The molecule has 0 unspecified atom stereocenters. The molecule has 3 nitrogen and oxygen atoms in total. The highest BCUT2D eigenvalue weighted by Crippen LogP contribution is 2.29. The minimum atomic E-state index is -0.950. The predicted octanol–water partition coefficient (Wildman–Crippen LogP) is 2.82. The van der Waals surface area contributed by atoms with Crippen molar-refractivity contribution >= 4 is 22.9 Å². The SMILES string of the molecule is CC1=Nc2ccccc2/C(=C/C(=O)O)C=C1. The second kappa shape index (κ2) is 4.14. The van der Waals surface area contributed by atoms with Gasteiger partial charge in [-0.25, -0.2) is 4.79 Å². The van der Waals surface area contributed by atoms with Crippen LogP contribution in [0.1, 0.15) is 12.5 Å². The fraction of sp³-hybridized carbons (Fsp3) is 0.0769. The molecular formula is C13H11NO2. The number of hydrogen-bond acceptors (Lipinski definition) is 2. The average molecular weight is 213 g/mol. The zero-order valence-corrected chi connectivity index (χ0v) is 8.84. The molecule has 0 atom stereocenters. The maximum Gasteiger partial charge on any atom is 0.328 e. The third kappa shape index (κ3) is 2.08. The van der Waals surface area contributed by atoms with Crippen LogP contribution in [0.25, 0.3) is 5.57 Å². The summed E-state index contributed by atoms with van der Waals surface area (Å²) >= 11 is 0. The van der Waals surface area contributed by atoms with Gasteiger partial charge in [0.1, 0.15) is 0 Å². The number of para-hydroxylation sites is 1. The maximum atomic E-state index is 10.7. The fourth-order valence-electron chi connectivity index (χ4n) is 1.60. The molecule has 3 heteroatoms. The van der Waals surface area contributed by atoms with Crippen molar-refractivity contribution in [1.29, 1.82) is 0 Å². The van der Waals surface area contributed by atoms with Crippen molar-refractivity contribution in [3.05, 3.63) is 48.1 Å². The smallest absolute Gasteiger partial charge is 0.328 e. The van der Waals surface area contributed by atoms with Crippen molar-refractivity contribution in [1.82, 2.24) is 0 Å². The molecule has 0 aliphatic carbocycles. The maximum absolute atomic E-state index is 10.7. The number of carboxylic acid groups (broad SMARTS) is 1. The number of aliphatic carboxylic acids is 1. The van der Waals surface area contributed by atoms with E-state index >= 15 is 0 Å². The summed E-state index contributed by atoms with van der Waals surface area (Å²) in [7, 11) is 0. The van der Waals surface area contributed by atoms with Crippen molar-refractivity contribution in [2.75, 3.05) is 0 Å². The summed E-state index contributed by atoms with van der Waals surface area (Å²) < 4.78 is 0. The number of allylic oxidation sites excluding steroid dienone is 3. The quantitative estimate of drug-likeness (QED) is 0.729. The van der Waals surface area contributed by atoms with E-state index in [1.165, 1.54) is 6.08 Å². The Kier molecular flexibility index (Phi) is 2.68. The van der Waals surface area contributed by atoms with E-state index in [0.29, 0.717) is 5.57 Å². The Hall–Kier alpha value is -2.16. The van der Waals surface area contributed by atoms with Gasteiger partial charge >= 0.3 is 5.97 Å². The van der Waals surface area contributed by atoms with Crippen LogP contribution in [0.2, 0.25) is 0 Å². The first-order valence-electron chi connectivity index (χ1n) is 4.94. The molecule has 1 aliphatic heterocycles. The van der Waals surface area contributed by atoms with Gasteiger partial charge in [-0.2, -0.15) is 0 Å². The van der Waals surface area contributed by atoms with Gasteiger partial charge in [0.15, 0.2) is 0 Å². The van der Waals surface area contributed by atoms with E-state index in [-0.39, 0.29) is 0 Å². The zero-order valence-electron chi connectivity index (χ0n) is 8.84. The third-order valence-corrected chi connectivity index (χ3v) is 2.29. The van der Waals surface area contributed by atoms with Gasteiger partial charge < -0.3 is 5.11 Å². The molecule has 0 radical (unpaired) electrons. The molecule has 1 heterocycles. The minimum Gasteiger partial charge on any atom is -0.478 e. The average Bonchev–Trinajstić information content (AvgIpc) is 2.38. The standard InChI is InChI=1S/C13H11NO2/c1-9-6-7-10(8-13(15)16)11-4-2-3-5-12(11)14-9/h2-8H,1H3,(H,15,16)/b10-8+. The molecule has 1 N–H and O–H groups in total. The highest BCUT2D eigenvalue weighted by Gasteiger charge is 2.08. The number of fused-ring (bicyclic) bond motifs is 1. The lowest BCUT2D eigenvalue weighted by Gasteiger charge is -2.03. The van der Waals surface area contributed by atoms with Gasteiger partial charge in [-0.15, -0.1) is 0 Å². The Bertz CT molecular complexity index is 524. The molecule has 0 amide bonds. The molecule has 1 aromatic rings. The summed E-state index contributed by atoms with van der Waals surface area (Å²) in [6, 6.07) is 7.51. The van der Waals surface area contributed by atoms with Crippen LogP contribution in [0, 0.1) is 0 Å². The summed E-state index contributed by atoms with van der Waals surface area (Å²) in [6.07, 6.45) is 4.79. The number of carbonyl (C=O) groups is 1. The van der Waals surface area contributed by atoms with E-state index in [2.05, 4.69) is 4.99 Å². The van der Waals surface area contributed by atoms with Crippen molar-refractivity contribution in [3.8, 4) is 0 Å². The Labute approximate surface area is 93.5 Å². The lowest BCUT2D eigenvalue weighted by atomic mass is 10.0. The van der Waals surface area contributed by atoms with E-state index in [1.54, 1.807) is 6.08 Å². The molecule has 0 aromatic heterocycles. The Morgan fingerprint density at radius 3 is 2.81 bits per heavy atom. The number of rotatable bonds is 1. The van der Waals surface area contributed by atoms with Crippen LogP contribution in [0.4, 0.5) is 5.69 Å². The normalized spacial score (nSPS) is 16.6. The summed E-state index contributed by atoms with van der Waals surface area (Å²) in [4.78, 5) is 15.1. The van der Waals surface area contributed by atoms with E-state index < -0.39 is 5.97 Å². The number of hydrogen-bond donors (Lipinski definition) is 1. The Morgan fingerprint density at radius 2 is 2.06 bits per heavy atom. The van der Waals surface area contributed by atoms with Crippen LogP contribution in [0.15, 0.2) is 47.5 Å². The number of aliphatic imine (C=N–C) groups is 1. The van der Waals surface area contributed by atoms with Gasteiger partial charge in [0.2, 0.25) is 0 Å². The van der Waals surface area contributed by atoms with Crippen molar-refractivity contribution in [3.63, 3.8) is 0 Å². The molecule has 16 heavy (non-hydrogen) atoms. The predicted molar refractivity (Wildman–Crippen MR) is 64.0 cm³/mol. The van der Waals surface area contributed by atoms with Gasteiger partial charge in [-0.1, -0.05) is 24.3 Å². The van der Waals surface area contributed by atoms with Crippen LogP contribution in [-0.2, 0) is 4.79 Å². The van der Waals surface area contributed by atoms with Gasteiger partial charge in [0.05, 0.1) is 5.69 Å². The van der Waals surface area contributed by atoms with Gasteiger partial charge in [-0.3, -0.25) is 4.99 Å². The van der Waals surface area contributed by atoms with Crippen LogP contribution < -0.4 is 0 Å². The number of nitrogens with zero attached hydrogens (tertiary/aromatic N) is 1. The van der Waals surface area contributed by atoms with E-state index in [9.17, 15) is 4.79 Å². The van der Waals surface area contributed by atoms with Crippen molar-refractivity contribution < 1.29 is 9.90 Å². The lowest BCUT2D eigenvalue weighted by Crippen LogP contribution is -1.90. The second-order valence-electron chi connectivity index (χ2n) is 3.54. The van der Waals surface area contributed by atoms with Crippen molar-refractivity contribution in [2.24, 2.45) is 4.99 Å². The highest BCUT2D eigenvalue weighted by molar-refractivity contribution is 6.03. The van der Waals surface area contributed by atoms with Crippen LogP contribution in [0.5, 0.6) is 0 Å². The second-order valence-corrected chi connectivity index (χ2v) is 3.54. The van der Waals surface area contributed by atoms with Crippen LogP contribution in [-0.4, -0.2) is 16.8 Å². The van der Waals surface area contributed by atoms with Crippen LogP contribution in [0.3, 0.4) is 0 Å². The van der Waals surface area contributed by atoms with Gasteiger partial charge in [-0.05, 0) is 24.6 Å². The topological polar surface area (TPSA) is 49.7 Å². The van der Waals surface area contributed by atoms with Gasteiger partial charge in [0.25, 0.3) is 0 Å². The summed E-state index contributed by atoms with van der Waals surface area (Å²) in [5.74, 6) is -0.950. The van der Waals surface area contributed by atoms with E-state index in [0.717, 1.165) is 17.0 Å². The third-order valence-electron chi connectivity index (χ3n) is 2.29. The summed E-state index contributed by atoms with van der Waals surface area (Å²) in [6.45, 7) is 1.89. The Balaban J connectivity index is 2.62. The molecule has 0 saturated heterocycles. The molecule has 2 rings (SSSR count).